The van der Waals surface area contributed by atoms with Crippen molar-refractivity contribution in [2.45, 2.75) is 25.3 Å². The van der Waals surface area contributed by atoms with Crippen molar-refractivity contribution < 1.29 is 14.6 Å². The predicted molar refractivity (Wildman–Crippen MR) is 72.7 cm³/mol. The van der Waals surface area contributed by atoms with Gasteiger partial charge in [0, 0.05) is 6.61 Å². The van der Waals surface area contributed by atoms with Gasteiger partial charge in [-0.15, -0.1) is 0 Å². The second kappa shape index (κ2) is 7.26. The van der Waals surface area contributed by atoms with Gasteiger partial charge in [0.2, 0.25) is 5.91 Å². The Labute approximate surface area is 113 Å². The van der Waals surface area contributed by atoms with Gasteiger partial charge < -0.3 is 15.2 Å². The van der Waals surface area contributed by atoms with E-state index in [2.05, 4.69) is 5.32 Å². The van der Waals surface area contributed by atoms with Crippen LogP contribution in [0.4, 0.5) is 0 Å². The molecule has 1 aliphatic heterocycles. The van der Waals surface area contributed by atoms with Gasteiger partial charge in [-0.2, -0.15) is 0 Å². The van der Waals surface area contributed by atoms with Crippen molar-refractivity contribution in [2.24, 2.45) is 5.92 Å². The highest BCUT2D eigenvalue weighted by molar-refractivity contribution is 5.79. The van der Waals surface area contributed by atoms with E-state index in [-0.39, 0.29) is 24.5 Å². The molecule has 0 saturated carbocycles. The quantitative estimate of drug-likeness (QED) is 0.837. The number of ether oxygens (including phenoxy) is 1. The highest BCUT2D eigenvalue weighted by Crippen LogP contribution is 2.14. The molecule has 4 heteroatoms. The number of carbonyl (C=O) groups excluding carboxylic acids is 1. The second-order valence-corrected chi connectivity index (χ2v) is 4.99. The summed E-state index contributed by atoms with van der Waals surface area (Å²) in [6, 6.07) is 9.64. The van der Waals surface area contributed by atoms with Crippen LogP contribution in [0.25, 0.3) is 0 Å². The maximum Gasteiger partial charge on any atom is 0.225 e. The summed E-state index contributed by atoms with van der Waals surface area (Å²) in [7, 11) is 0. The lowest BCUT2D eigenvalue weighted by Gasteiger charge is -2.24. The number of aliphatic hydroxyl groups is 1. The van der Waals surface area contributed by atoms with Crippen molar-refractivity contribution in [1.82, 2.24) is 5.32 Å². The SMILES string of the molecule is O=C(NC(CO)Cc1ccccc1)C1CCCOC1. The van der Waals surface area contributed by atoms with Crippen LogP contribution in [0.3, 0.4) is 0 Å². The molecule has 1 amide bonds. The van der Waals surface area contributed by atoms with E-state index in [9.17, 15) is 9.90 Å². The van der Waals surface area contributed by atoms with Gasteiger partial charge in [-0.1, -0.05) is 30.3 Å². The zero-order valence-electron chi connectivity index (χ0n) is 11.0. The van der Waals surface area contributed by atoms with Crippen LogP contribution in [0, 0.1) is 5.92 Å². The Balaban J connectivity index is 1.86. The lowest BCUT2D eigenvalue weighted by atomic mass is 10.00. The van der Waals surface area contributed by atoms with Crippen molar-refractivity contribution in [3.05, 3.63) is 35.9 Å². The van der Waals surface area contributed by atoms with Gasteiger partial charge in [-0.3, -0.25) is 4.79 Å². The summed E-state index contributed by atoms with van der Waals surface area (Å²) >= 11 is 0. The third-order valence-corrected chi connectivity index (χ3v) is 3.42. The van der Waals surface area contributed by atoms with E-state index in [4.69, 9.17) is 4.74 Å². The first-order chi connectivity index (χ1) is 9.29. The van der Waals surface area contributed by atoms with Crippen LogP contribution < -0.4 is 5.32 Å². The van der Waals surface area contributed by atoms with Gasteiger partial charge in [0.05, 0.1) is 25.2 Å². The number of aliphatic hydroxyl groups excluding tert-OH is 1. The van der Waals surface area contributed by atoms with Crippen molar-refractivity contribution in [3.8, 4) is 0 Å². The molecule has 0 radical (unpaired) electrons. The molecule has 1 heterocycles. The monoisotopic (exact) mass is 263 g/mol. The first-order valence-electron chi connectivity index (χ1n) is 6.82. The molecule has 2 unspecified atom stereocenters. The molecule has 1 aromatic carbocycles. The molecule has 1 fully saturated rings. The van der Waals surface area contributed by atoms with Gasteiger partial charge in [0.15, 0.2) is 0 Å². The molecule has 4 nitrogen and oxygen atoms in total. The molecule has 1 aromatic rings. The van der Waals surface area contributed by atoms with E-state index in [1.165, 1.54) is 0 Å². The largest absolute Gasteiger partial charge is 0.394 e. The number of hydrogen-bond acceptors (Lipinski definition) is 3. The van der Waals surface area contributed by atoms with Gasteiger partial charge in [-0.05, 0) is 24.8 Å². The van der Waals surface area contributed by atoms with Crippen LogP contribution in [0.5, 0.6) is 0 Å². The van der Waals surface area contributed by atoms with E-state index >= 15 is 0 Å². The smallest absolute Gasteiger partial charge is 0.225 e. The van der Waals surface area contributed by atoms with E-state index in [1.807, 2.05) is 30.3 Å². The van der Waals surface area contributed by atoms with Crippen LogP contribution in [-0.2, 0) is 16.0 Å². The molecule has 0 spiro atoms. The minimum atomic E-state index is -0.225. The van der Waals surface area contributed by atoms with Gasteiger partial charge in [-0.25, -0.2) is 0 Å². The Bertz CT molecular complexity index is 388. The molecule has 2 atom stereocenters. The topological polar surface area (TPSA) is 58.6 Å². The van der Waals surface area contributed by atoms with Crippen LogP contribution in [0.2, 0.25) is 0 Å². The minimum Gasteiger partial charge on any atom is -0.394 e. The molecule has 104 valence electrons. The Morgan fingerprint density at radius 1 is 1.42 bits per heavy atom. The maximum absolute atomic E-state index is 12.1. The van der Waals surface area contributed by atoms with Crippen molar-refractivity contribution in [2.75, 3.05) is 19.8 Å². The number of benzene rings is 1. The fourth-order valence-corrected chi connectivity index (χ4v) is 2.33. The number of amides is 1. The highest BCUT2D eigenvalue weighted by Gasteiger charge is 2.23. The molecule has 1 aliphatic rings. The summed E-state index contributed by atoms with van der Waals surface area (Å²) < 4.78 is 5.31. The molecule has 0 bridgehead atoms. The fraction of sp³-hybridized carbons (Fsp3) is 0.533. The average Bonchev–Trinajstić information content (AvgIpc) is 2.48. The first-order valence-corrected chi connectivity index (χ1v) is 6.82. The average molecular weight is 263 g/mol. The normalized spacial score (nSPS) is 20.8. The summed E-state index contributed by atoms with van der Waals surface area (Å²) in [5.41, 5.74) is 1.11. The van der Waals surface area contributed by atoms with Crippen molar-refractivity contribution in [1.29, 1.82) is 0 Å². The van der Waals surface area contributed by atoms with Crippen LogP contribution >= 0.6 is 0 Å². The molecule has 0 aliphatic carbocycles. The third kappa shape index (κ3) is 4.33. The highest BCUT2D eigenvalue weighted by atomic mass is 16.5. The number of nitrogens with one attached hydrogen (secondary N) is 1. The zero-order valence-corrected chi connectivity index (χ0v) is 11.0. The fourth-order valence-electron chi connectivity index (χ4n) is 2.33. The number of rotatable bonds is 5. The zero-order chi connectivity index (χ0) is 13.5. The van der Waals surface area contributed by atoms with Crippen LogP contribution in [0.15, 0.2) is 30.3 Å². The summed E-state index contributed by atoms with van der Waals surface area (Å²) in [4.78, 5) is 12.1. The molecule has 2 rings (SSSR count). The molecule has 0 aromatic heterocycles. The van der Waals surface area contributed by atoms with E-state index < -0.39 is 0 Å². The molecular weight excluding hydrogens is 242 g/mol. The summed E-state index contributed by atoms with van der Waals surface area (Å²) in [5, 5.41) is 12.3. The van der Waals surface area contributed by atoms with Gasteiger partial charge >= 0.3 is 0 Å². The molecule has 19 heavy (non-hydrogen) atoms. The Morgan fingerprint density at radius 3 is 2.84 bits per heavy atom. The second-order valence-electron chi connectivity index (χ2n) is 4.99. The number of hydrogen-bond donors (Lipinski definition) is 2. The minimum absolute atomic E-state index is 0.00492. The Morgan fingerprint density at radius 2 is 2.21 bits per heavy atom. The summed E-state index contributed by atoms with van der Waals surface area (Å²) in [6.07, 6.45) is 2.45. The number of carbonyl (C=O) groups is 1. The molecular formula is C15H21NO3. The molecule has 1 saturated heterocycles. The van der Waals surface area contributed by atoms with E-state index in [0.717, 1.165) is 25.0 Å². The van der Waals surface area contributed by atoms with Gasteiger partial charge in [0.1, 0.15) is 0 Å². The van der Waals surface area contributed by atoms with E-state index in [0.29, 0.717) is 13.0 Å². The lowest BCUT2D eigenvalue weighted by molar-refractivity contribution is -0.130. The van der Waals surface area contributed by atoms with Gasteiger partial charge in [0.25, 0.3) is 0 Å². The van der Waals surface area contributed by atoms with E-state index in [1.54, 1.807) is 0 Å². The van der Waals surface area contributed by atoms with Crippen molar-refractivity contribution in [3.63, 3.8) is 0 Å². The van der Waals surface area contributed by atoms with Crippen molar-refractivity contribution >= 4 is 5.91 Å². The maximum atomic E-state index is 12.1. The third-order valence-electron chi connectivity index (χ3n) is 3.42. The summed E-state index contributed by atoms with van der Waals surface area (Å²) in [5.74, 6) is -0.0757. The molecule has 2 N–H and O–H groups in total. The summed E-state index contributed by atoms with van der Waals surface area (Å²) in [6.45, 7) is 1.20. The standard InChI is InChI=1S/C15H21NO3/c17-10-14(9-12-5-2-1-3-6-12)16-15(18)13-7-4-8-19-11-13/h1-3,5-6,13-14,17H,4,7-11H2,(H,16,18). The lowest BCUT2D eigenvalue weighted by Crippen LogP contribution is -2.44. The predicted octanol–water partition coefficient (Wildman–Crippen LogP) is 1.13. The Kier molecular flexibility index (Phi) is 5.36. The Hall–Kier alpha value is -1.39. The van der Waals surface area contributed by atoms with Crippen LogP contribution in [0.1, 0.15) is 18.4 Å². The van der Waals surface area contributed by atoms with Crippen LogP contribution in [-0.4, -0.2) is 36.9 Å². The first kappa shape index (κ1) is 14.0.